The van der Waals surface area contributed by atoms with E-state index in [1.807, 2.05) is 22.9 Å². The van der Waals surface area contributed by atoms with E-state index in [9.17, 15) is 4.79 Å². The number of pyridine rings is 1. The molecule has 8 nitrogen and oxygen atoms in total. The van der Waals surface area contributed by atoms with Crippen LogP contribution in [-0.4, -0.2) is 44.0 Å². The minimum atomic E-state index is -0.115. The number of tetrazole rings is 1. The highest BCUT2D eigenvalue weighted by Crippen LogP contribution is 2.32. The Bertz CT molecular complexity index is 954. The molecule has 3 aromatic rings. The molecule has 1 saturated carbocycles. The predicted octanol–water partition coefficient (Wildman–Crippen LogP) is 3.08. The summed E-state index contributed by atoms with van der Waals surface area (Å²) < 4.78 is 7.20. The van der Waals surface area contributed by atoms with Crippen molar-refractivity contribution in [2.24, 2.45) is 0 Å². The monoisotopic (exact) mass is 384 g/mol. The number of rotatable bonds is 6. The van der Waals surface area contributed by atoms with E-state index < -0.39 is 0 Å². The number of fused-ring (bicyclic) bond motifs is 1. The Labute approximate surface area is 160 Å². The van der Waals surface area contributed by atoms with Gasteiger partial charge in [0, 0.05) is 11.6 Å². The molecule has 2 aromatic heterocycles. The van der Waals surface area contributed by atoms with Crippen molar-refractivity contribution >= 4 is 34.3 Å². The van der Waals surface area contributed by atoms with Gasteiger partial charge in [-0.2, -0.15) is 0 Å². The lowest BCUT2D eigenvalue weighted by atomic mass is 10.1. The number of hydrogen-bond acceptors (Lipinski definition) is 7. The van der Waals surface area contributed by atoms with Gasteiger partial charge >= 0.3 is 0 Å². The summed E-state index contributed by atoms with van der Waals surface area (Å²) in [6.07, 6.45) is 6.29. The summed E-state index contributed by atoms with van der Waals surface area (Å²) in [5, 5.41) is 16.4. The third kappa shape index (κ3) is 3.73. The third-order valence-corrected chi connectivity index (χ3v) is 5.63. The van der Waals surface area contributed by atoms with Gasteiger partial charge in [0.2, 0.25) is 11.1 Å². The lowest BCUT2D eigenvalue weighted by molar-refractivity contribution is -0.113. The Morgan fingerprint density at radius 3 is 3.00 bits per heavy atom. The topological polar surface area (TPSA) is 94.8 Å². The zero-order valence-corrected chi connectivity index (χ0v) is 15.8. The Kier molecular flexibility index (Phi) is 5.19. The van der Waals surface area contributed by atoms with Gasteiger partial charge in [-0.15, -0.1) is 5.10 Å². The smallest absolute Gasteiger partial charge is 0.234 e. The van der Waals surface area contributed by atoms with Gasteiger partial charge in [-0.05, 0) is 47.5 Å². The molecule has 2 heterocycles. The van der Waals surface area contributed by atoms with Crippen molar-refractivity contribution in [3.63, 3.8) is 0 Å². The molecule has 0 atom stereocenters. The van der Waals surface area contributed by atoms with Crippen LogP contribution in [0.15, 0.2) is 35.6 Å². The molecule has 27 heavy (non-hydrogen) atoms. The highest BCUT2D eigenvalue weighted by atomic mass is 32.2. The van der Waals surface area contributed by atoms with Gasteiger partial charge < -0.3 is 10.1 Å². The minimum Gasteiger partial charge on any atom is -0.494 e. The van der Waals surface area contributed by atoms with Gasteiger partial charge in [0.1, 0.15) is 11.3 Å². The van der Waals surface area contributed by atoms with Crippen LogP contribution in [0.3, 0.4) is 0 Å². The van der Waals surface area contributed by atoms with Crippen LogP contribution in [0.25, 0.3) is 10.9 Å². The number of aromatic nitrogens is 5. The fourth-order valence-electron chi connectivity index (χ4n) is 3.40. The average molecular weight is 384 g/mol. The summed E-state index contributed by atoms with van der Waals surface area (Å²) in [6.45, 7) is 0. The second-order valence-corrected chi connectivity index (χ2v) is 7.34. The first-order valence-corrected chi connectivity index (χ1v) is 9.87. The van der Waals surface area contributed by atoms with Gasteiger partial charge in [0.15, 0.2) is 0 Å². The van der Waals surface area contributed by atoms with Gasteiger partial charge in [0.05, 0.1) is 24.6 Å². The SMILES string of the molecule is COc1ccc(NC(=O)CSc2nnnn2C2CCCC2)c2cccnc12. The first kappa shape index (κ1) is 17.7. The molecule has 9 heteroatoms. The molecular formula is C18H20N6O2S. The Morgan fingerprint density at radius 2 is 2.19 bits per heavy atom. The summed E-state index contributed by atoms with van der Waals surface area (Å²) in [5.74, 6) is 0.797. The van der Waals surface area contributed by atoms with Gasteiger partial charge in [0.25, 0.3) is 0 Å². The van der Waals surface area contributed by atoms with Crippen LogP contribution in [0.4, 0.5) is 5.69 Å². The number of anilines is 1. The van der Waals surface area contributed by atoms with E-state index in [4.69, 9.17) is 4.74 Å². The van der Waals surface area contributed by atoms with Crippen molar-refractivity contribution < 1.29 is 9.53 Å². The molecule has 1 aromatic carbocycles. The number of carbonyl (C=O) groups is 1. The zero-order chi connectivity index (χ0) is 18.6. The van der Waals surface area contributed by atoms with Crippen LogP contribution in [0, 0.1) is 0 Å². The largest absolute Gasteiger partial charge is 0.494 e. The highest BCUT2D eigenvalue weighted by Gasteiger charge is 2.22. The van der Waals surface area contributed by atoms with E-state index in [-0.39, 0.29) is 11.7 Å². The second kappa shape index (κ2) is 7.91. The zero-order valence-electron chi connectivity index (χ0n) is 15.0. The van der Waals surface area contributed by atoms with Crippen molar-refractivity contribution in [2.75, 3.05) is 18.2 Å². The quantitative estimate of drug-likeness (QED) is 0.653. The normalized spacial score (nSPS) is 14.6. The molecule has 0 bridgehead atoms. The number of thioether (sulfide) groups is 1. The molecule has 140 valence electrons. The maximum Gasteiger partial charge on any atom is 0.234 e. The molecule has 4 rings (SSSR count). The van der Waals surface area contributed by atoms with Crippen molar-refractivity contribution in [3.8, 4) is 5.75 Å². The van der Waals surface area contributed by atoms with Crippen molar-refractivity contribution in [2.45, 2.75) is 36.9 Å². The van der Waals surface area contributed by atoms with Crippen LogP contribution in [0.5, 0.6) is 5.75 Å². The van der Waals surface area contributed by atoms with E-state index in [0.29, 0.717) is 22.6 Å². The van der Waals surface area contributed by atoms with Crippen LogP contribution in [0.1, 0.15) is 31.7 Å². The molecule has 0 unspecified atom stereocenters. The van der Waals surface area contributed by atoms with Crippen molar-refractivity contribution in [1.29, 1.82) is 0 Å². The number of methoxy groups -OCH3 is 1. The predicted molar refractivity (Wildman–Crippen MR) is 103 cm³/mol. The van der Waals surface area contributed by atoms with Crippen LogP contribution < -0.4 is 10.1 Å². The lowest BCUT2D eigenvalue weighted by Crippen LogP contribution is -2.15. The molecular weight excluding hydrogens is 364 g/mol. The molecule has 0 spiro atoms. The Hall–Kier alpha value is -2.68. The van der Waals surface area contributed by atoms with Crippen LogP contribution in [-0.2, 0) is 4.79 Å². The molecule has 0 saturated heterocycles. The standard InChI is InChI=1S/C18H20N6O2S/c1-26-15-9-8-14(13-7-4-10-19-17(13)15)20-16(25)11-27-18-21-22-23-24(18)12-5-2-3-6-12/h4,7-10,12H,2-3,5-6,11H2,1H3,(H,20,25). The molecule has 1 N–H and O–H groups in total. The maximum absolute atomic E-state index is 12.5. The van der Waals surface area contributed by atoms with Crippen LogP contribution in [0.2, 0.25) is 0 Å². The molecule has 1 fully saturated rings. The van der Waals surface area contributed by atoms with E-state index in [0.717, 1.165) is 23.7 Å². The van der Waals surface area contributed by atoms with E-state index in [2.05, 4.69) is 25.8 Å². The number of hydrogen-bond donors (Lipinski definition) is 1. The molecule has 0 radical (unpaired) electrons. The third-order valence-electron chi connectivity index (χ3n) is 4.69. The summed E-state index contributed by atoms with van der Waals surface area (Å²) >= 11 is 1.36. The molecule has 1 aliphatic rings. The van der Waals surface area contributed by atoms with Crippen molar-refractivity contribution in [3.05, 3.63) is 30.5 Å². The minimum absolute atomic E-state index is 0.115. The van der Waals surface area contributed by atoms with E-state index in [1.54, 1.807) is 19.4 Å². The number of nitrogens with one attached hydrogen (secondary N) is 1. The fourth-order valence-corrected chi connectivity index (χ4v) is 4.14. The van der Waals surface area contributed by atoms with Crippen LogP contribution >= 0.6 is 11.8 Å². The van der Waals surface area contributed by atoms with Gasteiger partial charge in [-0.25, -0.2) is 4.68 Å². The average Bonchev–Trinajstić information content (AvgIpc) is 3.38. The fraction of sp³-hybridized carbons (Fsp3) is 0.389. The maximum atomic E-state index is 12.5. The first-order valence-electron chi connectivity index (χ1n) is 8.88. The number of carbonyl (C=O) groups excluding carboxylic acids is 1. The number of ether oxygens (including phenoxy) is 1. The second-order valence-electron chi connectivity index (χ2n) is 6.40. The summed E-state index contributed by atoms with van der Waals surface area (Å²) in [7, 11) is 1.60. The van der Waals surface area contributed by atoms with E-state index in [1.165, 1.54) is 24.6 Å². The lowest BCUT2D eigenvalue weighted by Gasteiger charge is -2.12. The van der Waals surface area contributed by atoms with Crippen molar-refractivity contribution in [1.82, 2.24) is 25.2 Å². The van der Waals surface area contributed by atoms with E-state index >= 15 is 0 Å². The van der Waals surface area contributed by atoms with Gasteiger partial charge in [-0.1, -0.05) is 24.6 Å². The number of nitrogens with zero attached hydrogens (tertiary/aromatic N) is 5. The summed E-state index contributed by atoms with van der Waals surface area (Å²) in [6, 6.07) is 7.73. The number of amides is 1. The van der Waals surface area contributed by atoms with Gasteiger partial charge in [-0.3, -0.25) is 9.78 Å². The highest BCUT2D eigenvalue weighted by molar-refractivity contribution is 7.99. The Morgan fingerprint density at radius 1 is 1.33 bits per heavy atom. The summed E-state index contributed by atoms with van der Waals surface area (Å²) in [5.41, 5.74) is 1.43. The first-order chi connectivity index (χ1) is 13.3. The molecule has 0 aliphatic heterocycles. The molecule has 1 amide bonds. The molecule has 1 aliphatic carbocycles. The Balaban J connectivity index is 1.45. The number of benzene rings is 1. The summed E-state index contributed by atoms with van der Waals surface area (Å²) in [4.78, 5) is 16.8.